The van der Waals surface area contributed by atoms with Crippen LogP contribution in [0.1, 0.15) is 31.2 Å². The average molecular weight is 334 g/mol. The van der Waals surface area contributed by atoms with Crippen LogP contribution in [0.2, 0.25) is 0 Å². The molecule has 128 valence electrons. The van der Waals surface area contributed by atoms with Crippen molar-refractivity contribution in [2.75, 3.05) is 31.1 Å². The van der Waals surface area contributed by atoms with Gasteiger partial charge in [-0.05, 0) is 18.9 Å². The number of carbonyl (C=O) groups excluding carboxylic acids is 1. The maximum Gasteiger partial charge on any atom is 0.251 e. The number of piperidine rings is 2. The predicted octanol–water partition coefficient (Wildman–Crippen LogP) is 2.43. The summed E-state index contributed by atoms with van der Waals surface area (Å²) in [7, 11) is 0. The second kappa shape index (κ2) is 6.71. The van der Waals surface area contributed by atoms with Gasteiger partial charge in [-0.25, -0.2) is 8.78 Å². The van der Waals surface area contributed by atoms with Crippen molar-refractivity contribution in [1.82, 2.24) is 9.88 Å². The van der Waals surface area contributed by atoms with E-state index in [0.29, 0.717) is 12.1 Å². The summed E-state index contributed by atoms with van der Waals surface area (Å²) in [6.07, 6.45) is 4.30. The van der Waals surface area contributed by atoms with E-state index < -0.39 is 5.92 Å². The van der Waals surface area contributed by atoms with Crippen LogP contribution in [0.15, 0.2) is 18.5 Å². The Bertz CT molecular complexity index is 648. The fraction of sp³-hybridized carbons (Fsp3) is 0.588. The number of aromatic nitrogens is 1. The molecule has 3 rings (SSSR count). The lowest BCUT2D eigenvalue weighted by Gasteiger charge is -2.38. The van der Waals surface area contributed by atoms with Crippen LogP contribution in [-0.2, 0) is 4.79 Å². The maximum atomic E-state index is 13.3. The van der Waals surface area contributed by atoms with E-state index in [2.05, 4.69) is 11.1 Å². The minimum atomic E-state index is -2.65. The van der Waals surface area contributed by atoms with Gasteiger partial charge in [-0.15, -0.1) is 0 Å². The molecular weight excluding hydrogens is 314 g/mol. The van der Waals surface area contributed by atoms with E-state index in [1.165, 1.54) is 0 Å². The van der Waals surface area contributed by atoms with Gasteiger partial charge in [0, 0.05) is 45.2 Å². The standard InChI is InChI=1S/C17H20F2N4O/c18-17(19)4-8-22(9-5-17)16(24)14-2-1-7-23(12-14)15-11-21-6-3-13(15)10-20/h3,6,11,14H,1-2,4-5,7-9,12H2. The molecule has 0 aliphatic carbocycles. The zero-order valence-corrected chi connectivity index (χ0v) is 13.4. The summed E-state index contributed by atoms with van der Waals surface area (Å²) >= 11 is 0. The van der Waals surface area contributed by atoms with Crippen LogP contribution in [0.5, 0.6) is 0 Å². The van der Waals surface area contributed by atoms with Crippen LogP contribution in [0.4, 0.5) is 14.5 Å². The number of carbonyl (C=O) groups is 1. The van der Waals surface area contributed by atoms with Crippen molar-refractivity contribution in [3.63, 3.8) is 0 Å². The van der Waals surface area contributed by atoms with Crippen LogP contribution >= 0.6 is 0 Å². The van der Waals surface area contributed by atoms with Gasteiger partial charge in [0.25, 0.3) is 5.92 Å². The number of hydrogen-bond acceptors (Lipinski definition) is 4. The number of anilines is 1. The van der Waals surface area contributed by atoms with E-state index in [0.717, 1.165) is 25.1 Å². The summed E-state index contributed by atoms with van der Waals surface area (Å²) in [5.41, 5.74) is 1.28. The van der Waals surface area contributed by atoms with Crippen molar-refractivity contribution in [1.29, 1.82) is 5.26 Å². The van der Waals surface area contributed by atoms with Crippen molar-refractivity contribution >= 4 is 11.6 Å². The predicted molar refractivity (Wildman–Crippen MR) is 84.7 cm³/mol. The third-order valence-corrected chi connectivity index (χ3v) is 4.84. The third kappa shape index (κ3) is 3.48. The first-order chi connectivity index (χ1) is 11.5. The minimum Gasteiger partial charge on any atom is -0.368 e. The number of alkyl halides is 2. The highest BCUT2D eigenvalue weighted by Crippen LogP contribution is 2.30. The van der Waals surface area contributed by atoms with E-state index in [9.17, 15) is 18.8 Å². The molecule has 1 aromatic rings. The molecule has 1 atom stereocenters. The zero-order valence-electron chi connectivity index (χ0n) is 13.4. The second-order valence-electron chi connectivity index (χ2n) is 6.47. The molecule has 0 aromatic carbocycles. The first kappa shape index (κ1) is 16.6. The summed E-state index contributed by atoms with van der Waals surface area (Å²) in [5.74, 6) is -2.90. The topological polar surface area (TPSA) is 60.2 Å². The van der Waals surface area contributed by atoms with Crippen LogP contribution in [0.25, 0.3) is 0 Å². The molecule has 1 amide bonds. The molecule has 5 nitrogen and oxygen atoms in total. The minimum absolute atomic E-state index is 0.0439. The van der Waals surface area contributed by atoms with Crippen LogP contribution < -0.4 is 4.90 Å². The van der Waals surface area contributed by atoms with Crippen molar-refractivity contribution in [2.45, 2.75) is 31.6 Å². The zero-order chi connectivity index (χ0) is 17.2. The largest absolute Gasteiger partial charge is 0.368 e. The number of pyridine rings is 1. The monoisotopic (exact) mass is 334 g/mol. The van der Waals surface area contributed by atoms with Crippen molar-refractivity contribution in [3.8, 4) is 6.07 Å². The summed E-state index contributed by atoms with van der Waals surface area (Å²) in [5, 5.41) is 9.23. The van der Waals surface area contributed by atoms with E-state index in [1.807, 2.05) is 4.90 Å². The van der Waals surface area contributed by atoms with Gasteiger partial charge in [0.2, 0.25) is 5.91 Å². The number of nitrogens with zero attached hydrogens (tertiary/aromatic N) is 4. The van der Waals surface area contributed by atoms with Gasteiger partial charge in [-0.1, -0.05) is 0 Å². The van der Waals surface area contributed by atoms with Gasteiger partial charge in [-0.3, -0.25) is 9.78 Å². The summed E-state index contributed by atoms with van der Waals surface area (Å²) in [4.78, 5) is 20.3. The lowest BCUT2D eigenvalue weighted by atomic mass is 9.94. The smallest absolute Gasteiger partial charge is 0.251 e. The molecule has 0 radical (unpaired) electrons. The van der Waals surface area contributed by atoms with Crippen LogP contribution in [0.3, 0.4) is 0 Å². The molecule has 1 aromatic heterocycles. The molecule has 2 aliphatic heterocycles. The van der Waals surface area contributed by atoms with Crippen molar-refractivity contribution < 1.29 is 13.6 Å². The molecule has 0 bridgehead atoms. The maximum absolute atomic E-state index is 13.3. The molecule has 0 N–H and O–H groups in total. The molecule has 1 unspecified atom stereocenters. The fourth-order valence-electron chi connectivity index (χ4n) is 3.44. The second-order valence-corrected chi connectivity index (χ2v) is 6.47. The van der Waals surface area contributed by atoms with E-state index >= 15 is 0 Å². The molecule has 24 heavy (non-hydrogen) atoms. The highest BCUT2D eigenvalue weighted by molar-refractivity contribution is 5.80. The summed E-state index contributed by atoms with van der Waals surface area (Å²) < 4.78 is 26.5. The summed E-state index contributed by atoms with van der Waals surface area (Å²) in [6, 6.07) is 3.81. The van der Waals surface area contributed by atoms with E-state index in [4.69, 9.17) is 0 Å². The van der Waals surface area contributed by atoms with Gasteiger partial charge in [0.15, 0.2) is 0 Å². The van der Waals surface area contributed by atoms with Gasteiger partial charge in [0.1, 0.15) is 6.07 Å². The first-order valence-electron chi connectivity index (χ1n) is 8.26. The normalized spacial score (nSPS) is 23.6. The number of halogens is 2. The van der Waals surface area contributed by atoms with Gasteiger partial charge < -0.3 is 9.80 Å². The molecular formula is C17H20F2N4O. The highest BCUT2D eigenvalue weighted by atomic mass is 19.3. The molecule has 7 heteroatoms. The fourth-order valence-corrected chi connectivity index (χ4v) is 3.44. The molecule has 0 spiro atoms. The molecule has 2 aliphatic rings. The molecule has 2 fully saturated rings. The molecule has 3 heterocycles. The Balaban J connectivity index is 1.67. The Labute approximate surface area is 139 Å². The lowest BCUT2D eigenvalue weighted by Crippen LogP contribution is -2.49. The number of rotatable bonds is 2. The highest BCUT2D eigenvalue weighted by Gasteiger charge is 2.38. The molecule has 0 saturated carbocycles. The van der Waals surface area contributed by atoms with Crippen molar-refractivity contribution in [3.05, 3.63) is 24.0 Å². The third-order valence-electron chi connectivity index (χ3n) is 4.84. The van der Waals surface area contributed by atoms with Gasteiger partial charge in [0.05, 0.1) is 23.4 Å². The van der Waals surface area contributed by atoms with E-state index in [1.54, 1.807) is 23.4 Å². The Morgan fingerprint density at radius 3 is 2.79 bits per heavy atom. The Kier molecular flexibility index (Phi) is 4.65. The number of amides is 1. The average Bonchev–Trinajstić information content (AvgIpc) is 2.61. The molecule has 2 saturated heterocycles. The number of hydrogen-bond donors (Lipinski definition) is 0. The quantitative estimate of drug-likeness (QED) is 0.833. The lowest BCUT2D eigenvalue weighted by molar-refractivity contribution is -0.141. The van der Waals surface area contributed by atoms with Crippen molar-refractivity contribution in [2.24, 2.45) is 5.92 Å². The van der Waals surface area contributed by atoms with Crippen LogP contribution in [0, 0.1) is 17.2 Å². The van der Waals surface area contributed by atoms with Gasteiger partial charge >= 0.3 is 0 Å². The number of likely N-dealkylation sites (tertiary alicyclic amines) is 1. The van der Waals surface area contributed by atoms with E-state index in [-0.39, 0.29) is 37.8 Å². The van der Waals surface area contributed by atoms with Gasteiger partial charge in [-0.2, -0.15) is 5.26 Å². The van der Waals surface area contributed by atoms with Crippen LogP contribution in [-0.4, -0.2) is 47.9 Å². The Morgan fingerprint density at radius 1 is 1.33 bits per heavy atom. The number of nitriles is 1. The Hall–Kier alpha value is -2.23. The Morgan fingerprint density at radius 2 is 2.08 bits per heavy atom. The summed E-state index contributed by atoms with van der Waals surface area (Å²) in [6.45, 7) is 1.52. The first-order valence-corrected chi connectivity index (χ1v) is 8.26. The SMILES string of the molecule is N#Cc1ccncc1N1CCCC(C(=O)N2CCC(F)(F)CC2)C1.